The van der Waals surface area contributed by atoms with Gasteiger partial charge in [0.05, 0.1) is 0 Å². The third kappa shape index (κ3) is 4.13. The maximum atomic E-state index is 12.2. The summed E-state index contributed by atoms with van der Waals surface area (Å²) < 4.78 is 0. The Morgan fingerprint density at radius 2 is 1.70 bits per heavy atom. The van der Waals surface area contributed by atoms with Gasteiger partial charge in [-0.1, -0.05) is 24.6 Å². The molecule has 0 spiro atoms. The molecule has 0 unspecified atom stereocenters. The number of rotatable bonds is 4. The van der Waals surface area contributed by atoms with Gasteiger partial charge in [0, 0.05) is 44.0 Å². The van der Waals surface area contributed by atoms with Gasteiger partial charge >= 0.3 is 0 Å². The molecule has 27 heavy (non-hydrogen) atoms. The van der Waals surface area contributed by atoms with E-state index in [9.17, 15) is 10.1 Å². The molecule has 1 saturated heterocycles. The monoisotopic (exact) mass is 364 g/mol. The number of hydrogen-bond donors (Lipinski definition) is 1. The summed E-state index contributed by atoms with van der Waals surface area (Å²) in [5.41, 5.74) is 5.95. The van der Waals surface area contributed by atoms with Gasteiger partial charge in [-0.3, -0.25) is 9.69 Å². The first kappa shape index (κ1) is 19.3. The van der Waals surface area contributed by atoms with Crippen LogP contribution in [0.2, 0.25) is 0 Å². The molecule has 1 fully saturated rings. The van der Waals surface area contributed by atoms with Crippen molar-refractivity contribution in [3.05, 3.63) is 56.5 Å². The van der Waals surface area contributed by atoms with Crippen LogP contribution in [0.3, 0.4) is 0 Å². The average molecular weight is 364 g/mol. The van der Waals surface area contributed by atoms with Gasteiger partial charge in [0.2, 0.25) is 0 Å². The molecule has 0 atom stereocenters. The number of likely N-dealkylation sites (N-methyl/N-ethyl adjacent to an activating group) is 1. The second kappa shape index (κ2) is 8.08. The molecule has 1 aromatic heterocycles. The van der Waals surface area contributed by atoms with E-state index in [1.54, 1.807) is 0 Å². The number of nitrogens with one attached hydrogen (secondary N) is 1. The largest absolute Gasteiger partial charge is 0.325 e. The summed E-state index contributed by atoms with van der Waals surface area (Å²) in [6, 6.07) is 8.32. The highest BCUT2D eigenvalue weighted by atomic mass is 16.1. The van der Waals surface area contributed by atoms with Crippen molar-refractivity contribution in [1.29, 1.82) is 5.26 Å². The van der Waals surface area contributed by atoms with Crippen LogP contribution in [-0.2, 0) is 6.54 Å². The molecule has 5 heteroatoms. The summed E-state index contributed by atoms with van der Waals surface area (Å²) >= 11 is 0. The average Bonchev–Trinajstić information content (AvgIpc) is 2.64. The molecule has 142 valence electrons. The minimum absolute atomic E-state index is 0.191. The summed E-state index contributed by atoms with van der Waals surface area (Å²) in [5, 5.41) is 9.51. The fourth-order valence-corrected chi connectivity index (χ4v) is 3.89. The summed E-state index contributed by atoms with van der Waals surface area (Å²) in [4.78, 5) is 19.9. The minimum atomic E-state index is -0.314. The summed E-state index contributed by atoms with van der Waals surface area (Å²) in [6.07, 6.45) is 0. The fourth-order valence-electron chi connectivity index (χ4n) is 3.89. The number of piperazine rings is 1. The Bertz CT molecular complexity index is 931. The lowest BCUT2D eigenvalue weighted by Crippen LogP contribution is -2.45. The van der Waals surface area contributed by atoms with Gasteiger partial charge in [-0.15, -0.1) is 0 Å². The Kier molecular flexibility index (Phi) is 5.79. The molecule has 1 aliphatic heterocycles. The Balaban J connectivity index is 1.98. The molecule has 0 saturated carbocycles. The molecule has 1 aromatic carbocycles. The van der Waals surface area contributed by atoms with E-state index in [0.29, 0.717) is 0 Å². The van der Waals surface area contributed by atoms with Gasteiger partial charge in [0.15, 0.2) is 0 Å². The summed E-state index contributed by atoms with van der Waals surface area (Å²) in [7, 11) is 0. The lowest BCUT2D eigenvalue weighted by molar-refractivity contribution is 0.132. The second-order valence-corrected chi connectivity index (χ2v) is 7.49. The number of H-pyrrole nitrogens is 1. The van der Waals surface area contributed by atoms with Crippen LogP contribution < -0.4 is 5.56 Å². The van der Waals surface area contributed by atoms with Crippen molar-refractivity contribution in [2.24, 2.45) is 0 Å². The highest BCUT2D eigenvalue weighted by molar-refractivity contribution is 5.74. The lowest BCUT2D eigenvalue weighted by atomic mass is 9.91. The Morgan fingerprint density at radius 1 is 1.04 bits per heavy atom. The van der Waals surface area contributed by atoms with Crippen molar-refractivity contribution >= 4 is 0 Å². The van der Waals surface area contributed by atoms with Gasteiger partial charge in [-0.25, -0.2) is 0 Å². The van der Waals surface area contributed by atoms with Crippen molar-refractivity contribution in [1.82, 2.24) is 14.8 Å². The predicted molar refractivity (Wildman–Crippen MR) is 109 cm³/mol. The van der Waals surface area contributed by atoms with Crippen molar-refractivity contribution < 1.29 is 0 Å². The van der Waals surface area contributed by atoms with Gasteiger partial charge in [-0.2, -0.15) is 5.26 Å². The van der Waals surface area contributed by atoms with Crippen molar-refractivity contribution in [3.8, 4) is 17.2 Å². The summed E-state index contributed by atoms with van der Waals surface area (Å²) in [5.74, 6) is 0. The maximum absolute atomic E-state index is 12.2. The first-order valence-corrected chi connectivity index (χ1v) is 9.62. The second-order valence-electron chi connectivity index (χ2n) is 7.49. The normalized spacial score (nSPS) is 15.7. The van der Waals surface area contributed by atoms with Crippen LogP contribution >= 0.6 is 0 Å². The van der Waals surface area contributed by atoms with Crippen LogP contribution in [0, 0.1) is 32.1 Å². The van der Waals surface area contributed by atoms with E-state index in [-0.39, 0.29) is 11.1 Å². The SMILES string of the molecule is CCN1CCN(Cc2cc(C)cc(-c3cc(C)[nH]c(=O)c3C#N)c2C)CC1. The first-order valence-electron chi connectivity index (χ1n) is 9.62. The molecule has 1 N–H and O–H groups in total. The Hall–Kier alpha value is -2.42. The number of pyridine rings is 1. The third-order valence-corrected chi connectivity index (χ3v) is 5.54. The van der Waals surface area contributed by atoms with E-state index >= 15 is 0 Å². The molecule has 3 rings (SSSR count). The smallest absolute Gasteiger partial charge is 0.266 e. The van der Waals surface area contributed by atoms with Gasteiger partial charge in [0.1, 0.15) is 11.6 Å². The predicted octanol–water partition coefficient (Wildman–Crippen LogP) is 2.98. The van der Waals surface area contributed by atoms with Crippen molar-refractivity contribution in [3.63, 3.8) is 0 Å². The van der Waals surface area contributed by atoms with Crippen LogP contribution in [0.15, 0.2) is 23.0 Å². The number of aryl methyl sites for hydroxylation is 2. The van der Waals surface area contributed by atoms with E-state index in [4.69, 9.17) is 0 Å². The van der Waals surface area contributed by atoms with Crippen molar-refractivity contribution in [2.75, 3.05) is 32.7 Å². The zero-order valence-corrected chi connectivity index (χ0v) is 16.7. The highest BCUT2D eigenvalue weighted by Crippen LogP contribution is 2.30. The zero-order valence-electron chi connectivity index (χ0n) is 16.7. The molecular formula is C22H28N4O. The highest BCUT2D eigenvalue weighted by Gasteiger charge is 2.19. The minimum Gasteiger partial charge on any atom is -0.325 e. The van der Waals surface area contributed by atoms with E-state index in [2.05, 4.69) is 53.8 Å². The Morgan fingerprint density at radius 3 is 2.33 bits per heavy atom. The maximum Gasteiger partial charge on any atom is 0.266 e. The number of nitriles is 1. The Labute approximate surface area is 161 Å². The quantitative estimate of drug-likeness (QED) is 0.906. The number of hydrogen-bond acceptors (Lipinski definition) is 4. The van der Waals surface area contributed by atoms with Crippen LogP contribution in [-0.4, -0.2) is 47.5 Å². The van der Waals surface area contributed by atoms with Crippen LogP contribution in [0.25, 0.3) is 11.1 Å². The third-order valence-electron chi connectivity index (χ3n) is 5.54. The number of nitrogens with zero attached hydrogens (tertiary/aromatic N) is 3. The molecule has 5 nitrogen and oxygen atoms in total. The van der Waals surface area contributed by atoms with E-state index in [1.165, 1.54) is 5.56 Å². The fraction of sp³-hybridized carbons (Fsp3) is 0.455. The number of aromatic amines is 1. The van der Waals surface area contributed by atoms with Crippen LogP contribution in [0.4, 0.5) is 0 Å². The molecule has 0 radical (unpaired) electrons. The zero-order chi connectivity index (χ0) is 19.6. The van der Waals surface area contributed by atoms with Gasteiger partial charge < -0.3 is 9.88 Å². The van der Waals surface area contributed by atoms with E-state index < -0.39 is 0 Å². The standard InChI is InChI=1S/C22H28N4O/c1-5-25-6-8-26(9-7-25)14-18-10-15(2)11-19(17(18)4)20-12-16(3)24-22(27)21(20)13-23/h10-12H,5-9,14H2,1-4H3,(H,24,27). The van der Waals surface area contributed by atoms with Crippen LogP contribution in [0.1, 0.15) is 34.9 Å². The molecule has 0 amide bonds. The van der Waals surface area contributed by atoms with E-state index in [0.717, 1.165) is 67.2 Å². The first-order chi connectivity index (χ1) is 12.9. The topological polar surface area (TPSA) is 63.1 Å². The van der Waals surface area contributed by atoms with Gasteiger partial charge in [0.25, 0.3) is 5.56 Å². The molecule has 0 bridgehead atoms. The molecule has 2 heterocycles. The molecule has 1 aliphatic rings. The van der Waals surface area contributed by atoms with E-state index in [1.807, 2.05) is 13.0 Å². The molecular weight excluding hydrogens is 336 g/mol. The summed E-state index contributed by atoms with van der Waals surface area (Å²) in [6.45, 7) is 14.6. The van der Waals surface area contributed by atoms with Crippen molar-refractivity contribution in [2.45, 2.75) is 34.2 Å². The van der Waals surface area contributed by atoms with Gasteiger partial charge in [-0.05, 0) is 50.1 Å². The number of benzene rings is 1. The molecule has 0 aliphatic carbocycles. The van der Waals surface area contributed by atoms with Crippen LogP contribution in [0.5, 0.6) is 0 Å². The lowest BCUT2D eigenvalue weighted by Gasteiger charge is -2.34. The molecule has 2 aromatic rings. The number of aromatic nitrogens is 1.